The second-order valence-electron chi connectivity index (χ2n) is 6.81. The molecule has 0 spiro atoms. The number of fused-ring (bicyclic) bond motifs is 1. The Bertz CT molecular complexity index is 796. The van der Waals surface area contributed by atoms with Gasteiger partial charge in [0.15, 0.2) is 0 Å². The van der Waals surface area contributed by atoms with Gasteiger partial charge in [-0.15, -0.1) is 24.8 Å². The van der Waals surface area contributed by atoms with Crippen molar-refractivity contribution in [3.8, 4) is 0 Å². The summed E-state index contributed by atoms with van der Waals surface area (Å²) in [7, 11) is 0. The van der Waals surface area contributed by atoms with Gasteiger partial charge in [0.25, 0.3) is 0 Å². The van der Waals surface area contributed by atoms with Crippen LogP contribution in [-0.2, 0) is 16.1 Å². The Morgan fingerprint density at radius 3 is 2.75 bits per heavy atom. The summed E-state index contributed by atoms with van der Waals surface area (Å²) in [6.07, 6.45) is 3.32. The number of halogens is 2. The van der Waals surface area contributed by atoms with Gasteiger partial charge in [-0.2, -0.15) is 0 Å². The molecule has 1 aromatic carbocycles. The maximum atomic E-state index is 13.0. The summed E-state index contributed by atoms with van der Waals surface area (Å²) in [6.45, 7) is 3.77. The minimum Gasteiger partial charge on any atom is -0.354 e. The Morgan fingerprint density at radius 2 is 2.00 bits per heavy atom. The second kappa shape index (κ2) is 11.2. The standard InChI is InChI=1S/C19H27N5O2.2ClH/c1-14-22-16-7-2-3-8-17(16)24(14)13-19(26)23-11-5-4-6-15(23)12-21-18(25)9-10-20;;/h2-3,7-8,15H,4-6,9-13,20H2,1H3,(H,21,25);2*1H. The number of nitrogens with one attached hydrogen (secondary N) is 1. The number of amides is 2. The maximum absolute atomic E-state index is 13.0. The highest BCUT2D eigenvalue weighted by Gasteiger charge is 2.27. The average molecular weight is 430 g/mol. The highest BCUT2D eigenvalue weighted by atomic mass is 35.5. The third-order valence-corrected chi connectivity index (χ3v) is 4.99. The largest absolute Gasteiger partial charge is 0.354 e. The van der Waals surface area contributed by atoms with Crippen LogP contribution in [0.25, 0.3) is 11.0 Å². The predicted molar refractivity (Wildman–Crippen MR) is 115 cm³/mol. The number of likely N-dealkylation sites (tertiary alicyclic amines) is 1. The third kappa shape index (κ3) is 5.59. The molecule has 1 unspecified atom stereocenters. The Kier molecular flexibility index (Phi) is 9.72. The Morgan fingerprint density at radius 1 is 1.25 bits per heavy atom. The van der Waals surface area contributed by atoms with Gasteiger partial charge >= 0.3 is 0 Å². The molecule has 0 saturated carbocycles. The van der Waals surface area contributed by atoms with Crippen LogP contribution in [0.5, 0.6) is 0 Å². The van der Waals surface area contributed by atoms with E-state index in [9.17, 15) is 9.59 Å². The van der Waals surface area contributed by atoms with Crippen LogP contribution in [0, 0.1) is 6.92 Å². The van der Waals surface area contributed by atoms with E-state index in [0.29, 0.717) is 19.5 Å². The van der Waals surface area contributed by atoms with E-state index in [-0.39, 0.29) is 49.2 Å². The van der Waals surface area contributed by atoms with Gasteiger partial charge in [0.2, 0.25) is 11.8 Å². The van der Waals surface area contributed by atoms with Crippen LogP contribution in [-0.4, -0.2) is 51.9 Å². The molecule has 28 heavy (non-hydrogen) atoms. The first-order valence-electron chi connectivity index (χ1n) is 9.28. The number of hydrogen-bond acceptors (Lipinski definition) is 4. The summed E-state index contributed by atoms with van der Waals surface area (Å²) >= 11 is 0. The molecule has 3 N–H and O–H groups in total. The van der Waals surface area contributed by atoms with E-state index in [2.05, 4.69) is 10.3 Å². The molecule has 2 amide bonds. The van der Waals surface area contributed by atoms with Crippen molar-refractivity contribution in [3.05, 3.63) is 30.1 Å². The smallest absolute Gasteiger partial charge is 0.242 e. The molecule has 156 valence electrons. The monoisotopic (exact) mass is 429 g/mol. The Labute approximate surface area is 177 Å². The summed E-state index contributed by atoms with van der Waals surface area (Å²) < 4.78 is 1.97. The molecular weight excluding hydrogens is 401 g/mol. The zero-order valence-corrected chi connectivity index (χ0v) is 17.7. The zero-order valence-electron chi connectivity index (χ0n) is 16.1. The number of piperidine rings is 1. The summed E-state index contributed by atoms with van der Waals surface area (Å²) in [5.41, 5.74) is 7.29. The van der Waals surface area contributed by atoms with E-state index in [1.165, 1.54) is 0 Å². The van der Waals surface area contributed by atoms with Gasteiger partial charge in [0.1, 0.15) is 12.4 Å². The van der Waals surface area contributed by atoms with Crippen LogP contribution in [0.1, 0.15) is 31.5 Å². The summed E-state index contributed by atoms with van der Waals surface area (Å²) in [5.74, 6) is 0.861. The summed E-state index contributed by atoms with van der Waals surface area (Å²) in [6, 6.07) is 7.91. The fourth-order valence-electron chi connectivity index (χ4n) is 3.61. The van der Waals surface area contributed by atoms with Crippen molar-refractivity contribution in [3.63, 3.8) is 0 Å². The number of aromatic nitrogens is 2. The van der Waals surface area contributed by atoms with Gasteiger partial charge in [-0.25, -0.2) is 4.98 Å². The van der Waals surface area contributed by atoms with Crippen LogP contribution in [0.2, 0.25) is 0 Å². The van der Waals surface area contributed by atoms with Crippen LogP contribution < -0.4 is 11.1 Å². The van der Waals surface area contributed by atoms with Crippen LogP contribution in [0.15, 0.2) is 24.3 Å². The van der Waals surface area contributed by atoms with E-state index in [1.807, 2.05) is 40.7 Å². The summed E-state index contributed by atoms with van der Waals surface area (Å²) in [4.78, 5) is 31.1. The number of carbonyl (C=O) groups excluding carboxylic acids is 2. The molecule has 0 radical (unpaired) electrons. The van der Waals surface area contributed by atoms with E-state index in [0.717, 1.165) is 42.7 Å². The van der Waals surface area contributed by atoms with Gasteiger partial charge in [0, 0.05) is 32.1 Å². The van der Waals surface area contributed by atoms with E-state index in [4.69, 9.17) is 5.73 Å². The van der Waals surface area contributed by atoms with Crippen molar-refractivity contribution in [2.75, 3.05) is 19.6 Å². The second-order valence-corrected chi connectivity index (χ2v) is 6.81. The van der Waals surface area contributed by atoms with E-state index < -0.39 is 0 Å². The number of nitrogens with zero attached hydrogens (tertiary/aromatic N) is 3. The van der Waals surface area contributed by atoms with Crippen molar-refractivity contribution in [1.29, 1.82) is 0 Å². The third-order valence-electron chi connectivity index (χ3n) is 4.99. The molecule has 2 aromatic rings. The lowest BCUT2D eigenvalue weighted by atomic mass is 10.0. The molecule has 7 nitrogen and oxygen atoms in total. The first-order valence-corrected chi connectivity index (χ1v) is 9.28. The topological polar surface area (TPSA) is 93.2 Å². The van der Waals surface area contributed by atoms with E-state index >= 15 is 0 Å². The lowest BCUT2D eigenvalue weighted by Gasteiger charge is -2.36. The predicted octanol–water partition coefficient (Wildman–Crippen LogP) is 2.03. The minimum atomic E-state index is -0.0538. The Balaban J connectivity index is 0.00000196. The van der Waals surface area contributed by atoms with Crippen LogP contribution in [0.3, 0.4) is 0 Å². The first kappa shape index (κ1) is 24.2. The van der Waals surface area contributed by atoms with Gasteiger partial charge in [-0.3, -0.25) is 9.59 Å². The fraction of sp³-hybridized carbons (Fsp3) is 0.526. The van der Waals surface area contributed by atoms with Gasteiger partial charge in [-0.05, 0) is 38.3 Å². The van der Waals surface area contributed by atoms with Gasteiger partial charge < -0.3 is 20.5 Å². The number of nitrogens with two attached hydrogens (primary N) is 1. The zero-order chi connectivity index (χ0) is 18.5. The molecule has 1 aliphatic rings. The first-order chi connectivity index (χ1) is 12.6. The molecule has 1 atom stereocenters. The molecule has 0 aliphatic carbocycles. The number of carbonyl (C=O) groups is 2. The fourth-order valence-corrected chi connectivity index (χ4v) is 3.61. The average Bonchev–Trinajstić information content (AvgIpc) is 2.96. The normalized spacial score (nSPS) is 16.2. The van der Waals surface area contributed by atoms with Gasteiger partial charge in [0.05, 0.1) is 11.0 Å². The van der Waals surface area contributed by atoms with Crippen molar-refractivity contribution in [2.24, 2.45) is 5.73 Å². The quantitative estimate of drug-likeness (QED) is 0.734. The van der Waals surface area contributed by atoms with Crippen LogP contribution >= 0.6 is 24.8 Å². The summed E-state index contributed by atoms with van der Waals surface area (Å²) in [5, 5.41) is 2.91. The van der Waals surface area contributed by atoms with Crippen LogP contribution in [0.4, 0.5) is 0 Å². The van der Waals surface area contributed by atoms with Crippen molar-refractivity contribution in [1.82, 2.24) is 19.8 Å². The molecular formula is C19H29Cl2N5O2. The molecule has 1 fully saturated rings. The number of aryl methyl sites for hydroxylation is 1. The molecule has 1 aromatic heterocycles. The molecule has 1 aliphatic heterocycles. The number of rotatable bonds is 6. The van der Waals surface area contributed by atoms with Gasteiger partial charge in [-0.1, -0.05) is 12.1 Å². The minimum absolute atomic E-state index is 0. The Hall–Kier alpha value is -1.83. The molecule has 3 rings (SSSR count). The van der Waals surface area contributed by atoms with Crippen molar-refractivity contribution < 1.29 is 9.59 Å². The SMILES string of the molecule is Cc1nc2ccccc2n1CC(=O)N1CCCCC1CNC(=O)CCN.Cl.Cl. The number of imidazole rings is 1. The van der Waals surface area contributed by atoms with E-state index in [1.54, 1.807) is 0 Å². The highest BCUT2D eigenvalue weighted by molar-refractivity contribution is 5.85. The van der Waals surface area contributed by atoms with Crippen molar-refractivity contribution in [2.45, 2.75) is 45.2 Å². The number of benzene rings is 1. The molecule has 0 bridgehead atoms. The molecule has 9 heteroatoms. The lowest BCUT2D eigenvalue weighted by Crippen LogP contribution is -2.50. The number of para-hydroxylation sites is 2. The maximum Gasteiger partial charge on any atom is 0.242 e. The number of hydrogen-bond donors (Lipinski definition) is 2. The molecule has 2 heterocycles. The van der Waals surface area contributed by atoms with Crippen molar-refractivity contribution >= 4 is 47.7 Å². The molecule has 1 saturated heterocycles. The highest BCUT2D eigenvalue weighted by Crippen LogP contribution is 2.20. The lowest BCUT2D eigenvalue weighted by molar-refractivity contribution is -0.136.